The molecule has 0 atom stereocenters. The summed E-state index contributed by atoms with van der Waals surface area (Å²) in [6, 6.07) is 6.46. The van der Waals surface area contributed by atoms with Crippen molar-refractivity contribution in [3.8, 4) is 0 Å². The molecule has 14 heavy (non-hydrogen) atoms. The second-order valence-corrected chi connectivity index (χ2v) is 4.56. The maximum absolute atomic E-state index is 10.9. The summed E-state index contributed by atoms with van der Waals surface area (Å²) in [5.74, 6) is 0.0816. The van der Waals surface area contributed by atoms with Crippen LogP contribution >= 0.6 is 0 Å². The quantitative estimate of drug-likeness (QED) is 0.619. The number of benzene rings is 1. The summed E-state index contributed by atoms with van der Waals surface area (Å²) in [7, 11) is -4.08. The first-order valence-corrected chi connectivity index (χ1v) is 5.43. The first-order valence-electron chi connectivity index (χ1n) is 3.99. The molecule has 0 saturated carbocycles. The minimum atomic E-state index is -4.08. The topological polar surface area (TPSA) is 54.4 Å². The zero-order valence-corrected chi connectivity index (χ0v) is 10.5. The second-order valence-electron chi connectivity index (χ2n) is 3.17. The standard InChI is InChI=1S/C9H12O3S.Mg.2H/c1-7(2)8-5-3-4-6-9(8)13(10,11)12;;;/h3-7H,1-2H3,(H,10,11,12);;;/q;+2;2*-1. The van der Waals surface area contributed by atoms with Crippen molar-refractivity contribution >= 4 is 33.2 Å². The van der Waals surface area contributed by atoms with Gasteiger partial charge in [0.25, 0.3) is 10.1 Å². The molecule has 0 fully saturated rings. The van der Waals surface area contributed by atoms with E-state index in [0.717, 1.165) is 0 Å². The second kappa shape index (κ2) is 5.11. The fraction of sp³-hybridized carbons (Fsp3) is 0.333. The van der Waals surface area contributed by atoms with Crippen molar-refractivity contribution in [2.75, 3.05) is 0 Å². The van der Waals surface area contributed by atoms with E-state index in [1.807, 2.05) is 13.8 Å². The van der Waals surface area contributed by atoms with Gasteiger partial charge >= 0.3 is 23.1 Å². The summed E-state index contributed by atoms with van der Waals surface area (Å²) >= 11 is 0. The number of rotatable bonds is 2. The predicted octanol–water partition coefficient (Wildman–Crippen LogP) is 1.90. The summed E-state index contributed by atoms with van der Waals surface area (Å²) in [5, 5.41) is 0. The Kier molecular flexibility index (Phi) is 5.07. The minimum absolute atomic E-state index is 0. The molecule has 5 heteroatoms. The monoisotopic (exact) mass is 226 g/mol. The van der Waals surface area contributed by atoms with E-state index in [9.17, 15) is 8.42 Å². The van der Waals surface area contributed by atoms with Crippen LogP contribution in [-0.4, -0.2) is 36.0 Å². The molecule has 0 aliphatic carbocycles. The van der Waals surface area contributed by atoms with Gasteiger partial charge in [0.1, 0.15) is 0 Å². The molecule has 3 nitrogen and oxygen atoms in total. The Morgan fingerprint density at radius 3 is 2.14 bits per heavy atom. The molecule has 1 aromatic carbocycles. The molecule has 76 valence electrons. The summed E-state index contributed by atoms with van der Waals surface area (Å²) in [6.07, 6.45) is 0. The largest absolute Gasteiger partial charge is 2.00 e. The maximum Gasteiger partial charge on any atom is 2.00 e. The van der Waals surface area contributed by atoms with Crippen LogP contribution in [-0.2, 0) is 10.1 Å². The van der Waals surface area contributed by atoms with Gasteiger partial charge in [0.2, 0.25) is 0 Å². The van der Waals surface area contributed by atoms with Crippen molar-refractivity contribution < 1.29 is 15.8 Å². The molecule has 0 radical (unpaired) electrons. The fourth-order valence-corrected chi connectivity index (χ4v) is 2.04. The molecule has 1 aromatic rings. The summed E-state index contributed by atoms with van der Waals surface area (Å²) < 4.78 is 30.7. The van der Waals surface area contributed by atoms with Crippen molar-refractivity contribution in [2.24, 2.45) is 0 Å². The average molecular weight is 227 g/mol. The Balaban J connectivity index is -0.000000563. The van der Waals surface area contributed by atoms with Crippen LogP contribution in [0.5, 0.6) is 0 Å². The Morgan fingerprint density at radius 2 is 1.79 bits per heavy atom. The Hall–Kier alpha value is -0.104. The smallest absolute Gasteiger partial charge is 1.00 e. The van der Waals surface area contributed by atoms with Gasteiger partial charge in [0.15, 0.2) is 0 Å². The summed E-state index contributed by atoms with van der Waals surface area (Å²) in [5.41, 5.74) is 0.644. The molecule has 0 aliphatic heterocycles. The maximum atomic E-state index is 10.9. The van der Waals surface area contributed by atoms with Gasteiger partial charge in [0, 0.05) is 0 Å². The molecule has 0 unspecified atom stereocenters. The van der Waals surface area contributed by atoms with Gasteiger partial charge < -0.3 is 2.85 Å². The molecular weight excluding hydrogens is 212 g/mol. The van der Waals surface area contributed by atoms with E-state index in [1.165, 1.54) is 6.07 Å². The molecule has 0 aliphatic rings. The molecule has 0 bridgehead atoms. The van der Waals surface area contributed by atoms with Crippen LogP contribution in [0.1, 0.15) is 28.2 Å². The van der Waals surface area contributed by atoms with Gasteiger partial charge in [-0.25, -0.2) is 0 Å². The van der Waals surface area contributed by atoms with Crippen molar-refractivity contribution in [2.45, 2.75) is 24.7 Å². The van der Waals surface area contributed by atoms with Gasteiger partial charge in [-0.3, -0.25) is 4.55 Å². The van der Waals surface area contributed by atoms with Crippen LogP contribution in [0, 0.1) is 0 Å². The zero-order valence-electron chi connectivity index (χ0n) is 10.3. The first kappa shape index (κ1) is 13.9. The molecule has 0 saturated heterocycles. The third kappa shape index (κ3) is 3.23. The van der Waals surface area contributed by atoms with Gasteiger partial charge in [-0.15, -0.1) is 0 Å². The SMILES string of the molecule is CC(C)c1ccccc1S(=O)(=O)O.[H-].[H-].[Mg+2]. The molecule has 0 amide bonds. The molecule has 1 N–H and O–H groups in total. The van der Waals surface area contributed by atoms with Crippen molar-refractivity contribution in [3.05, 3.63) is 29.8 Å². The van der Waals surface area contributed by atoms with Gasteiger partial charge in [0.05, 0.1) is 4.90 Å². The Morgan fingerprint density at radius 1 is 1.29 bits per heavy atom. The van der Waals surface area contributed by atoms with Crippen LogP contribution < -0.4 is 0 Å². The van der Waals surface area contributed by atoms with E-state index in [4.69, 9.17) is 4.55 Å². The van der Waals surface area contributed by atoms with Gasteiger partial charge in [-0.2, -0.15) is 8.42 Å². The first-order chi connectivity index (χ1) is 5.93. The third-order valence-corrected chi connectivity index (χ3v) is 2.75. The molecular formula is C9H14MgO3S. The van der Waals surface area contributed by atoms with E-state index in [0.29, 0.717) is 5.56 Å². The van der Waals surface area contributed by atoms with Crippen molar-refractivity contribution in [1.82, 2.24) is 0 Å². The zero-order chi connectivity index (χ0) is 10.1. The molecule has 1 rings (SSSR count). The molecule has 0 heterocycles. The predicted molar refractivity (Wildman–Crippen MR) is 58.3 cm³/mol. The van der Waals surface area contributed by atoms with Crippen LogP contribution in [0.25, 0.3) is 0 Å². The van der Waals surface area contributed by atoms with Gasteiger partial charge in [-0.1, -0.05) is 32.0 Å². The van der Waals surface area contributed by atoms with Crippen LogP contribution in [0.3, 0.4) is 0 Å². The van der Waals surface area contributed by atoms with Crippen LogP contribution in [0.4, 0.5) is 0 Å². The van der Waals surface area contributed by atoms with Crippen molar-refractivity contribution in [1.29, 1.82) is 0 Å². The van der Waals surface area contributed by atoms with E-state index >= 15 is 0 Å². The van der Waals surface area contributed by atoms with E-state index in [1.54, 1.807) is 18.2 Å². The fourth-order valence-electron chi connectivity index (χ4n) is 1.19. The average Bonchev–Trinajstić information content (AvgIpc) is 2.03. The number of hydrogen-bond acceptors (Lipinski definition) is 2. The van der Waals surface area contributed by atoms with E-state index < -0.39 is 10.1 Å². The third-order valence-electron chi connectivity index (χ3n) is 1.82. The number of hydrogen-bond donors (Lipinski definition) is 1. The normalized spacial score (nSPS) is 11.1. The summed E-state index contributed by atoms with van der Waals surface area (Å²) in [6.45, 7) is 3.76. The molecule has 0 aromatic heterocycles. The van der Waals surface area contributed by atoms with Crippen LogP contribution in [0.15, 0.2) is 29.2 Å². The van der Waals surface area contributed by atoms with E-state index in [2.05, 4.69) is 0 Å². The Bertz CT molecular complexity index is 407. The van der Waals surface area contributed by atoms with E-state index in [-0.39, 0.29) is 36.7 Å². The van der Waals surface area contributed by atoms with Crippen LogP contribution in [0.2, 0.25) is 0 Å². The minimum Gasteiger partial charge on any atom is -1.00 e. The Labute approximate surface area is 103 Å². The molecule has 0 spiro atoms. The van der Waals surface area contributed by atoms with Gasteiger partial charge in [-0.05, 0) is 17.5 Å². The van der Waals surface area contributed by atoms with Crippen molar-refractivity contribution in [3.63, 3.8) is 0 Å². The summed E-state index contributed by atoms with van der Waals surface area (Å²) in [4.78, 5) is 0.00463.